The van der Waals surface area contributed by atoms with Crippen molar-refractivity contribution in [1.82, 2.24) is 14.6 Å². The average molecular weight is 532 g/mol. The van der Waals surface area contributed by atoms with Crippen molar-refractivity contribution in [3.8, 4) is 12.3 Å². The van der Waals surface area contributed by atoms with Gasteiger partial charge >= 0.3 is 23.5 Å². The Morgan fingerprint density at radius 3 is 2.39 bits per heavy atom. The number of aromatic nitrogens is 3. The van der Waals surface area contributed by atoms with Gasteiger partial charge in [0.1, 0.15) is 30.2 Å². The van der Waals surface area contributed by atoms with E-state index in [1.54, 1.807) is 0 Å². The van der Waals surface area contributed by atoms with Crippen LogP contribution in [0.5, 0.6) is 0 Å². The molecule has 0 fully saturated rings. The summed E-state index contributed by atoms with van der Waals surface area (Å²) in [5.74, 6) is 1.99. The number of phosphoric acid groups is 3. The molecule has 33 heavy (non-hydrogen) atoms. The summed E-state index contributed by atoms with van der Waals surface area (Å²) in [6.07, 6.45) is 1.62. The number of terminal acetylenes is 1. The van der Waals surface area contributed by atoms with Crippen LogP contribution in [0.2, 0.25) is 0 Å². The van der Waals surface area contributed by atoms with E-state index in [1.165, 1.54) is 16.6 Å². The maximum Gasteiger partial charge on any atom is 0.490 e. The number of phosphoric ester groups is 1. The van der Waals surface area contributed by atoms with Crippen LogP contribution in [0.4, 0.5) is 5.82 Å². The van der Waals surface area contributed by atoms with E-state index in [4.69, 9.17) is 26.7 Å². The highest BCUT2D eigenvalue weighted by Gasteiger charge is 2.41. The van der Waals surface area contributed by atoms with Crippen molar-refractivity contribution in [1.29, 1.82) is 0 Å². The molecule has 0 radical (unpaired) electrons. The molecule has 2 aromatic heterocycles. The lowest BCUT2D eigenvalue weighted by atomic mass is 10.2. The smallest absolute Gasteiger partial charge is 0.393 e. The Labute approximate surface area is 185 Å². The minimum Gasteiger partial charge on any atom is -0.393 e. The molecule has 17 nitrogen and oxygen atoms in total. The second-order valence-electron chi connectivity index (χ2n) is 6.04. The summed E-state index contributed by atoms with van der Waals surface area (Å²) in [7, 11) is -16.8. The van der Waals surface area contributed by atoms with E-state index >= 15 is 0 Å². The fraction of sp³-hybridized carbons (Fsp3) is 0.385. The minimum absolute atomic E-state index is 0.112. The molecule has 5 atom stereocenters. The number of aliphatic hydroxyl groups is 2. The van der Waals surface area contributed by atoms with Gasteiger partial charge in [0.25, 0.3) is 0 Å². The van der Waals surface area contributed by atoms with E-state index in [-0.39, 0.29) is 11.5 Å². The van der Waals surface area contributed by atoms with E-state index < -0.39 is 55.0 Å². The average Bonchev–Trinajstić information content (AvgIpc) is 3.10. The molecule has 0 aliphatic carbocycles. The second-order valence-corrected chi connectivity index (χ2v) is 10.5. The van der Waals surface area contributed by atoms with Crippen LogP contribution in [0, 0.1) is 12.3 Å². The number of rotatable bonds is 12. The first-order valence-electron chi connectivity index (χ1n) is 8.45. The highest BCUT2D eigenvalue weighted by Crippen LogP contribution is 2.66. The molecule has 8 N–H and O–H groups in total. The molecule has 0 saturated heterocycles. The van der Waals surface area contributed by atoms with Crippen LogP contribution < -0.4 is 5.73 Å². The van der Waals surface area contributed by atoms with Crippen LogP contribution in [0.1, 0.15) is 11.8 Å². The zero-order valence-corrected chi connectivity index (χ0v) is 18.9. The summed E-state index contributed by atoms with van der Waals surface area (Å²) < 4.78 is 52.3. The van der Waals surface area contributed by atoms with Gasteiger partial charge in [-0.2, -0.15) is 13.7 Å². The van der Waals surface area contributed by atoms with Crippen LogP contribution >= 0.6 is 23.5 Å². The molecule has 0 aliphatic rings. The molecule has 0 aromatic carbocycles. The normalized spacial score (nSPS) is 18.7. The van der Waals surface area contributed by atoms with Crippen LogP contribution in [-0.2, 0) is 31.6 Å². The highest BCUT2D eigenvalue weighted by molar-refractivity contribution is 7.66. The van der Waals surface area contributed by atoms with Gasteiger partial charge in [-0.15, -0.1) is 6.42 Å². The molecule has 2 aromatic rings. The predicted octanol–water partition coefficient (Wildman–Crippen LogP) is -0.933. The molecule has 184 valence electrons. The van der Waals surface area contributed by atoms with E-state index in [1.807, 2.05) is 5.92 Å². The summed E-state index contributed by atoms with van der Waals surface area (Å²) in [5.41, 5.74) is 6.30. The van der Waals surface area contributed by atoms with Gasteiger partial charge in [-0.05, 0) is 12.1 Å². The van der Waals surface area contributed by atoms with Crippen molar-refractivity contribution in [2.45, 2.75) is 18.3 Å². The third-order valence-corrected chi connectivity index (χ3v) is 7.49. The third kappa shape index (κ3) is 7.92. The maximum atomic E-state index is 11.9. The largest absolute Gasteiger partial charge is 0.490 e. The van der Waals surface area contributed by atoms with Gasteiger partial charge in [0, 0.05) is 0 Å². The summed E-state index contributed by atoms with van der Waals surface area (Å²) in [6, 6.07) is 2.97. The molecule has 0 aliphatic heterocycles. The molecule has 0 amide bonds. The molecule has 0 spiro atoms. The Hall–Kier alpha value is -1.73. The number of nitrogens with two attached hydrogens (primary N) is 1. The Morgan fingerprint density at radius 1 is 1.15 bits per heavy atom. The quantitative estimate of drug-likeness (QED) is 0.128. The number of hydrogen-bond acceptors (Lipinski definition) is 12. The first-order chi connectivity index (χ1) is 15.2. The Bertz CT molecular complexity index is 1160. The first-order valence-corrected chi connectivity index (χ1v) is 13.0. The second kappa shape index (κ2) is 10.7. The fourth-order valence-corrected chi connectivity index (χ4v) is 5.45. The molecule has 20 heteroatoms. The molecular formula is C13H19N4O13P3. The van der Waals surface area contributed by atoms with Crippen molar-refractivity contribution in [2.24, 2.45) is 0 Å². The SMILES string of the molecule is C#C[C@H](O)[C@@H](COP(=O)(O)OP(=O)(O)OP(=O)(O)O)O[C@H](CO)c1ccc2c(N)ncnn12. The van der Waals surface area contributed by atoms with Crippen molar-refractivity contribution < 1.29 is 61.4 Å². The standard InChI is InChI=1S/C13H19N4O13P3/c1-2-10(19)12(6-27-32(23,24)30-33(25,26)29-31(20,21)22)28-11(5-18)8-3-4-9-13(14)15-7-16-17(8)9/h1,3-4,7,10-12,18-19H,5-6H2,(H,23,24)(H,25,26)(H2,14,15,16)(H2,20,21,22)/t10-,11+,12+/m0/s1. The topological polar surface area (TPSA) is 266 Å². The van der Waals surface area contributed by atoms with Crippen LogP contribution in [0.15, 0.2) is 18.5 Å². The zero-order valence-electron chi connectivity index (χ0n) is 16.3. The van der Waals surface area contributed by atoms with Gasteiger partial charge in [-0.3, -0.25) is 4.52 Å². The molecule has 2 rings (SSSR count). The summed E-state index contributed by atoms with van der Waals surface area (Å²) in [4.78, 5) is 39.6. The van der Waals surface area contributed by atoms with E-state index in [2.05, 4.69) is 23.2 Å². The molecule has 0 bridgehead atoms. The van der Waals surface area contributed by atoms with E-state index in [9.17, 15) is 33.7 Å². The van der Waals surface area contributed by atoms with Gasteiger partial charge in [-0.1, -0.05) is 5.92 Å². The lowest BCUT2D eigenvalue weighted by molar-refractivity contribution is -0.0979. The number of nitrogen functional groups attached to an aromatic ring is 1. The summed E-state index contributed by atoms with van der Waals surface area (Å²) in [5, 5.41) is 23.7. The summed E-state index contributed by atoms with van der Waals surface area (Å²) in [6.45, 7) is -1.74. The van der Waals surface area contributed by atoms with Crippen LogP contribution in [0.25, 0.3) is 5.52 Å². The van der Waals surface area contributed by atoms with Gasteiger partial charge in [0.2, 0.25) is 0 Å². The number of anilines is 1. The van der Waals surface area contributed by atoms with Gasteiger partial charge in [0.15, 0.2) is 5.82 Å². The van der Waals surface area contributed by atoms with Crippen molar-refractivity contribution in [3.05, 3.63) is 24.2 Å². The Balaban J connectivity index is 2.18. The van der Waals surface area contributed by atoms with Crippen LogP contribution in [0.3, 0.4) is 0 Å². The zero-order chi connectivity index (χ0) is 25.0. The number of hydrogen-bond donors (Lipinski definition) is 7. The van der Waals surface area contributed by atoms with E-state index in [0.29, 0.717) is 5.52 Å². The Kier molecular flexibility index (Phi) is 8.91. The molecule has 0 saturated carbocycles. The van der Waals surface area contributed by atoms with Gasteiger partial charge in [0.05, 0.1) is 18.9 Å². The van der Waals surface area contributed by atoms with Crippen LogP contribution in [-0.4, -0.2) is 69.8 Å². The third-order valence-electron chi connectivity index (χ3n) is 3.69. The van der Waals surface area contributed by atoms with E-state index in [0.717, 1.165) is 6.33 Å². The summed E-state index contributed by atoms with van der Waals surface area (Å²) >= 11 is 0. The van der Waals surface area contributed by atoms with Crippen molar-refractivity contribution >= 4 is 34.8 Å². The lowest BCUT2D eigenvalue weighted by Gasteiger charge is -2.26. The molecule has 2 heterocycles. The lowest BCUT2D eigenvalue weighted by Crippen LogP contribution is -2.34. The van der Waals surface area contributed by atoms with Crippen molar-refractivity contribution in [2.75, 3.05) is 18.9 Å². The molecule has 2 unspecified atom stereocenters. The monoisotopic (exact) mass is 532 g/mol. The first kappa shape index (κ1) is 27.5. The predicted molar refractivity (Wildman–Crippen MR) is 107 cm³/mol. The number of aliphatic hydroxyl groups excluding tert-OH is 2. The fourth-order valence-electron chi connectivity index (χ4n) is 2.42. The minimum atomic E-state index is -5.75. The number of ether oxygens (including phenoxy) is 1. The molecular weight excluding hydrogens is 513 g/mol. The highest BCUT2D eigenvalue weighted by atomic mass is 31.3. The number of fused-ring (bicyclic) bond motifs is 1. The maximum absolute atomic E-state index is 11.9. The van der Waals surface area contributed by atoms with Gasteiger partial charge < -0.3 is 40.3 Å². The Morgan fingerprint density at radius 2 is 1.82 bits per heavy atom. The number of nitrogens with zero attached hydrogens (tertiary/aromatic N) is 3. The van der Waals surface area contributed by atoms with Crippen molar-refractivity contribution in [3.63, 3.8) is 0 Å². The van der Waals surface area contributed by atoms with Gasteiger partial charge in [-0.25, -0.2) is 23.2 Å².